The lowest BCUT2D eigenvalue weighted by Gasteiger charge is -2.41. The Morgan fingerprint density at radius 3 is 2.82 bits per heavy atom. The SMILES string of the molecule is C[C@H]1CC[C@H]2C3=C1C(=O)O[C@H]3[C@H](CO)C[C@@H]2C. The van der Waals surface area contributed by atoms with E-state index in [1.54, 1.807) is 0 Å². The van der Waals surface area contributed by atoms with E-state index in [1.807, 2.05) is 0 Å². The van der Waals surface area contributed by atoms with Crippen molar-refractivity contribution in [1.29, 1.82) is 0 Å². The Morgan fingerprint density at radius 2 is 2.12 bits per heavy atom. The molecule has 1 aliphatic heterocycles. The van der Waals surface area contributed by atoms with Crippen molar-refractivity contribution < 1.29 is 14.6 Å². The summed E-state index contributed by atoms with van der Waals surface area (Å²) in [4.78, 5) is 12.0. The van der Waals surface area contributed by atoms with Gasteiger partial charge in [-0.05, 0) is 42.6 Å². The van der Waals surface area contributed by atoms with Gasteiger partial charge < -0.3 is 9.84 Å². The third kappa shape index (κ3) is 1.48. The summed E-state index contributed by atoms with van der Waals surface area (Å²) in [7, 11) is 0. The largest absolute Gasteiger partial charge is 0.454 e. The molecule has 1 N–H and O–H groups in total. The van der Waals surface area contributed by atoms with E-state index in [-0.39, 0.29) is 24.6 Å². The van der Waals surface area contributed by atoms with Gasteiger partial charge in [0.15, 0.2) is 0 Å². The predicted octanol–water partition coefficient (Wildman–Crippen LogP) is 1.90. The first-order chi connectivity index (χ1) is 8.13. The summed E-state index contributed by atoms with van der Waals surface area (Å²) in [6, 6.07) is 0. The van der Waals surface area contributed by atoms with Crippen molar-refractivity contribution in [2.24, 2.45) is 23.7 Å². The summed E-state index contributed by atoms with van der Waals surface area (Å²) in [6.45, 7) is 4.49. The van der Waals surface area contributed by atoms with Crippen molar-refractivity contribution >= 4 is 5.97 Å². The second kappa shape index (κ2) is 3.84. The average molecular weight is 236 g/mol. The molecule has 0 radical (unpaired) electrons. The normalized spacial score (nSPS) is 44.6. The topological polar surface area (TPSA) is 46.5 Å². The van der Waals surface area contributed by atoms with Gasteiger partial charge in [0.25, 0.3) is 0 Å². The molecular weight excluding hydrogens is 216 g/mol. The molecule has 0 spiro atoms. The van der Waals surface area contributed by atoms with Gasteiger partial charge in [0.1, 0.15) is 6.10 Å². The highest BCUT2D eigenvalue weighted by molar-refractivity contribution is 5.93. The number of hydrogen-bond acceptors (Lipinski definition) is 3. The highest BCUT2D eigenvalue weighted by Crippen LogP contribution is 2.51. The second-order valence-corrected chi connectivity index (χ2v) is 5.94. The molecular formula is C14H20O3. The van der Waals surface area contributed by atoms with Crippen LogP contribution in [0.25, 0.3) is 0 Å². The maximum atomic E-state index is 12.0. The van der Waals surface area contributed by atoms with E-state index in [9.17, 15) is 9.90 Å². The first kappa shape index (κ1) is 11.3. The minimum atomic E-state index is -0.119. The van der Waals surface area contributed by atoms with Gasteiger partial charge in [-0.2, -0.15) is 0 Å². The lowest BCUT2D eigenvalue weighted by Crippen LogP contribution is -2.39. The van der Waals surface area contributed by atoms with E-state index in [2.05, 4.69) is 13.8 Å². The molecule has 1 fully saturated rings. The minimum Gasteiger partial charge on any atom is -0.454 e. The number of carbonyl (C=O) groups excluding carboxylic acids is 1. The predicted molar refractivity (Wildman–Crippen MR) is 63.2 cm³/mol. The summed E-state index contributed by atoms with van der Waals surface area (Å²) < 4.78 is 5.53. The Hall–Kier alpha value is -0.830. The van der Waals surface area contributed by atoms with Crippen LogP contribution >= 0.6 is 0 Å². The van der Waals surface area contributed by atoms with Gasteiger partial charge in [0.05, 0.1) is 0 Å². The molecule has 3 nitrogen and oxygen atoms in total. The van der Waals surface area contributed by atoms with Gasteiger partial charge in [0, 0.05) is 18.1 Å². The van der Waals surface area contributed by atoms with Crippen LogP contribution in [0, 0.1) is 23.7 Å². The fourth-order valence-electron chi connectivity index (χ4n) is 4.02. The lowest BCUT2D eigenvalue weighted by molar-refractivity contribution is -0.143. The van der Waals surface area contributed by atoms with Crippen molar-refractivity contribution in [3.05, 3.63) is 11.1 Å². The highest BCUT2D eigenvalue weighted by atomic mass is 16.5. The summed E-state index contributed by atoms with van der Waals surface area (Å²) in [5.74, 6) is 1.41. The quantitative estimate of drug-likeness (QED) is 0.707. The van der Waals surface area contributed by atoms with Crippen LogP contribution in [0.15, 0.2) is 11.1 Å². The van der Waals surface area contributed by atoms with Crippen LogP contribution in [0.2, 0.25) is 0 Å². The Balaban J connectivity index is 2.06. The Bertz CT molecular complexity index is 385. The number of aliphatic hydroxyl groups is 1. The third-order valence-corrected chi connectivity index (χ3v) is 4.90. The fraction of sp³-hybridized carbons (Fsp3) is 0.786. The van der Waals surface area contributed by atoms with Gasteiger partial charge in [0.2, 0.25) is 0 Å². The summed E-state index contributed by atoms with van der Waals surface area (Å²) in [6.07, 6.45) is 3.13. The van der Waals surface area contributed by atoms with Gasteiger partial charge in [-0.1, -0.05) is 13.8 Å². The van der Waals surface area contributed by atoms with Gasteiger partial charge in [-0.15, -0.1) is 0 Å². The van der Waals surface area contributed by atoms with Gasteiger partial charge >= 0.3 is 5.97 Å². The number of hydrogen-bond donors (Lipinski definition) is 1. The molecule has 0 amide bonds. The number of esters is 1. The van der Waals surface area contributed by atoms with E-state index in [1.165, 1.54) is 12.0 Å². The lowest BCUT2D eigenvalue weighted by atomic mass is 9.64. The zero-order chi connectivity index (χ0) is 12.2. The molecule has 0 aromatic heterocycles. The molecule has 94 valence electrons. The number of carbonyl (C=O) groups is 1. The molecule has 1 heterocycles. The maximum absolute atomic E-state index is 12.0. The fourth-order valence-corrected chi connectivity index (χ4v) is 4.02. The van der Waals surface area contributed by atoms with Crippen molar-refractivity contribution in [3.8, 4) is 0 Å². The van der Waals surface area contributed by atoms with Crippen LogP contribution in [-0.4, -0.2) is 23.8 Å². The first-order valence-corrected chi connectivity index (χ1v) is 6.69. The molecule has 0 unspecified atom stereocenters. The Kier molecular flexibility index (Phi) is 2.54. The zero-order valence-electron chi connectivity index (χ0n) is 10.5. The van der Waals surface area contributed by atoms with E-state index in [0.717, 1.165) is 18.4 Å². The minimum absolute atomic E-state index is 0.114. The summed E-state index contributed by atoms with van der Waals surface area (Å²) in [5, 5.41) is 9.46. The molecule has 0 aromatic rings. The summed E-state index contributed by atoms with van der Waals surface area (Å²) >= 11 is 0. The molecule has 3 aliphatic rings. The smallest absolute Gasteiger partial charge is 0.334 e. The number of rotatable bonds is 1. The van der Waals surface area contributed by atoms with Crippen molar-refractivity contribution in [3.63, 3.8) is 0 Å². The molecule has 0 bridgehead atoms. The van der Waals surface area contributed by atoms with Crippen LogP contribution < -0.4 is 0 Å². The van der Waals surface area contributed by atoms with Crippen molar-refractivity contribution in [1.82, 2.24) is 0 Å². The molecule has 2 aliphatic carbocycles. The van der Waals surface area contributed by atoms with Crippen molar-refractivity contribution in [2.75, 3.05) is 6.61 Å². The Labute approximate surface area is 102 Å². The van der Waals surface area contributed by atoms with Gasteiger partial charge in [-0.25, -0.2) is 4.79 Å². The number of aliphatic hydroxyl groups excluding tert-OH is 1. The maximum Gasteiger partial charge on any atom is 0.334 e. The average Bonchev–Trinajstić information content (AvgIpc) is 2.65. The van der Waals surface area contributed by atoms with Crippen LogP contribution in [-0.2, 0) is 9.53 Å². The van der Waals surface area contributed by atoms with Crippen LogP contribution in [0.5, 0.6) is 0 Å². The zero-order valence-corrected chi connectivity index (χ0v) is 10.5. The molecule has 0 saturated heterocycles. The third-order valence-electron chi connectivity index (χ3n) is 4.90. The number of ether oxygens (including phenoxy) is 1. The van der Waals surface area contributed by atoms with E-state index in [4.69, 9.17) is 4.74 Å². The van der Waals surface area contributed by atoms with E-state index < -0.39 is 0 Å². The summed E-state index contributed by atoms with van der Waals surface area (Å²) in [5.41, 5.74) is 2.18. The highest BCUT2D eigenvalue weighted by Gasteiger charge is 2.50. The molecule has 3 heteroatoms. The molecule has 1 saturated carbocycles. The van der Waals surface area contributed by atoms with E-state index in [0.29, 0.717) is 17.8 Å². The molecule has 17 heavy (non-hydrogen) atoms. The standard InChI is InChI=1S/C14H20O3/c1-7-3-4-10-8(2)5-9(6-15)13-12(10)11(7)14(16)17-13/h7-10,13,15H,3-6H2,1-2H3/t7-,8-,9-,10+,13-/m0/s1. The van der Waals surface area contributed by atoms with Crippen LogP contribution in [0.3, 0.4) is 0 Å². The van der Waals surface area contributed by atoms with Crippen LogP contribution in [0.4, 0.5) is 0 Å². The van der Waals surface area contributed by atoms with Gasteiger partial charge in [-0.3, -0.25) is 0 Å². The monoisotopic (exact) mass is 236 g/mol. The second-order valence-electron chi connectivity index (χ2n) is 5.94. The van der Waals surface area contributed by atoms with E-state index >= 15 is 0 Å². The van der Waals surface area contributed by atoms with Crippen LogP contribution in [0.1, 0.15) is 33.1 Å². The molecule has 3 rings (SSSR count). The molecule has 0 aromatic carbocycles. The Morgan fingerprint density at radius 1 is 1.35 bits per heavy atom. The van der Waals surface area contributed by atoms with Crippen molar-refractivity contribution in [2.45, 2.75) is 39.2 Å². The first-order valence-electron chi connectivity index (χ1n) is 6.69. The molecule has 5 atom stereocenters.